The third-order valence-corrected chi connectivity index (χ3v) is 3.79. The van der Waals surface area contributed by atoms with E-state index in [1.807, 2.05) is 13.8 Å². The predicted octanol–water partition coefficient (Wildman–Crippen LogP) is 2.51. The van der Waals surface area contributed by atoms with Crippen LogP contribution in [0.25, 0.3) is 0 Å². The minimum absolute atomic E-state index is 0.0631. The number of carbonyl (C=O) groups excluding carboxylic acids is 1. The lowest BCUT2D eigenvalue weighted by molar-refractivity contribution is -0.122. The number of hydrogen-bond acceptors (Lipinski definition) is 3. The van der Waals surface area contributed by atoms with Crippen molar-refractivity contribution in [2.45, 2.75) is 38.9 Å². The number of thiol groups is 1. The number of rotatable bonds is 5. The Morgan fingerprint density at radius 3 is 2.46 bits per heavy atom. The van der Waals surface area contributed by atoms with Gasteiger partial charge in [0.2, 0.25) is 5.91 Å². The average Bonchev–Trinajstić information content (AvgIpc) is 2.03. The van der Waals surface area contributed by atoms with E-state index in [4.69, 9.17) is 0 Å². The molecule has 0 atom stereocenters. The number of amides is 1. The van der Waals surface area contributed by atoms with Gasteiger partial charge in [-0.15, -0.1) is 11.7 Å². The number of carbonyl (C=O) groups is 1. The molecule has 0 spiro atoms. The molecule has 1 amide bonds. The van der Waals surface area contributed by atoms with E-state index in [0.717, 1.165) is 13.0 Å². The Kier molecular flexibility index (Phi) is 5.88. The summed E-state index contributed by atoms with van der Waals surface area (Å²) >= 11 is 4.06. The Balaban J connectivity index is 3.75. The third-order valence-electron chi connectivity index (χ3n) is 1.78. The van der Waals surface area contributed by atoms with E-state index in [0.29, 0.717) is 5.92 Å². The highest BCUT2D eigenvalue weighted by Gasteiger charge is 2.26. The van der Waals surface area contributed by atoms with E-state index in [1.54, 1.807) is 0 Å². The van der Waals surface area contributed by atoms with E-state index in [-0.39, 0.29) is 5.91 Å². The van der Waals surface area contributed by atoms with Crippen LogP contribution in [0.4, 0.5) is 0 Å². The molecule has 0 aliphatic heterocycles. The minimum Gasteiger partial charge on any atom is -0.355 e. The second-order valence-electron chi connectivity index (χ2n) is 4.04. The van der Waals surface area contributed by atoms with Gasteiger partial charge in [-0.3, -0.25) is 4.79 Å². The molecule has 0 aromatic heterocycles. The Morgan fingerprint density at radius 2 is 2.08 bits per heavy atom. The summed E-state index contributed by atoms with van der Waals surface area (Å²) in [6.45, 7) is 8.79. The SMILES string of the molecule is CC(C)CCNC(=O)C(C)(C)SS. The average molecular weight is 221 g/mol. The summed E-state index contributed by atoms with van der Waals surface area (Å²) in [5, 5.41) is 2.90. The predicted molar refractivity (Wildman–Crippen MR) is 63.1 cm³/mol. The Morgan fingerprint density at radius 1 is 1.54 bits per heavy atom. The Labute approximate surface area is 90.0 Å². The molecule has 2 nitrogen and oxygen atoms in total. The normalized spacial score (nSPS) is 11.8. The van der Waals surface area contributed by atoms with Crippen molar-refractivity contribution in [3.63, 3.8) is 0 Å². The summed E-state index contributed by atoms with van der Waals surface area (Å²) in [5.74, 6) is 0.695. The summed E-state index contributed by atoms with van der Waals surface area (Å²) < 4.78 is -0.430. The highest BCUT2D eigenvalue weighted by molar-refractivity contribution is 8.69. The van der Waals surface area contributed by atoms with E-state index in [2.05, 4.69) is 30.8 Å². The summed E-state index contributed by atoms with van der Waals surface area (Å²) in [5.41, 5.74) is 0. The molecule has 0 fully saturated rings. The molecule has 78 valence electrons. The van der Waals surface area contributed by atoms with Gasteiger partial charge in [-0.25, -0.2) is 0 Å². The van der Waals surface area contributed by atoms with Gasteiger partial charge in [-0.1, -0.05) is 24.6 Å². The smallest absolute Gasteiger partial charge is 0.236 e. The highest BCUT2D eigenvalue weighted by Crippen LogP contribution is 2.27. The zero-order valence-electron chi connectivity index (χ0n) is 8.76. The van der Waals surface area contributed by atoms with Crippen LogP contribution in [0, 0.1) is 5.92 Å². The van der Waals surface area contributed by atoms with Crippen molar-refractivity contribution in [2.75, 3.05) is 6.54 Å². The third kappa shape index (κ3) is 5.47. The number of nitrogens with one attached hydrogen (secondary N) is 1. The van der Waals surface area contributed by atoms with Crippen molar-refractivity contribution in [2.24, 2.45) is 5.92 Å². The zero-order valence-corrected chi connectivity index (χ0v) is 10.5. The van der Waals surface area contributed by atoms with E-state index in [9.17, 15) is 4.79 Å². The molecule has 0 rings (SSSR count). The van der Waals surface area contributed by atoms with Crippen molar-refractivity contribution in [3.8, 4) is 0 Å². The molecule has 0 aliphatic carbocycles. The molecule has 0 radical (unpaired) electrons. The van der Waals surface area contributed by atoms with Gasteiger partial charge in [0.05, 0.1) is 4.75 Å². The van der Waals surface area contributed by atoms with Crippen LogP contribution in [0.5, 0.6) is 0 Å². The van der Waals surface area contributed by atoms with Gasteiger partial charge in [0.1, 0.15) is 0 Å². The maximum absolute atomic E-state index is 11.5. The standard InChI is InChI=1S/C9H19NOS2/c1-7(2)5-6-10-8(11)9(3,4)13-12/h7,12H,5-6H2,1-4H3,(H,10,11). The van der Waals surface area contributed by atoms with Crippen LogP contribution in [0.2, 0.25) is 0 Å². The lowest BCUT2D eigenvalue weighted by Crippen LogP contribution is -2.39. The lowest BCUT2D eigenvalue weighted by atomic mass is 10.1. The van der Waals surface area contributed by atoms with Crippen molar-refractivity contribution in [3.05, 3.63) is 0 Å². The van der Waals surface area contributed by atoms with Gasteiger partial charge in [-0.2, -0.15) is 0 Å². The minimum atomic E-state index is -0.430. The summed E-state index contributed by atoms with van der Waals surface area (Å²) in [6, 6.07) is 0. The first-order valence-electron chi connectivity index (χ1n) is 4.51. The fourth-order valence-corrected chi connectivity index (χ4v) is 1.13. The molecule has 0 saturated carbocycles. The van der Waals surface area contributed by atoms with Gasteiger partial charge in [0, 0.05) is 6.54 Å². The first-order valence-corrected chi connectivity index (χ1v) is 6.38. The lowest BCUT2D eigenvalue weighted by Gasteiger charge is -2.20. The van der Waals surface area contributed by atoms with Crippen LogP contribution in [0.15, 0.2) is 0 Å². The van der Waals surface area contributed by atoms with E-state index in [1.165, 1.54) is 10.8 Å². The zero-order chi connectivity index (χ0) is 10.5. The quantitative estimate of drug-likeness (QED) is 0.552. The molecule has 0 aromatic rings. The van der Waals surface area contributed by atoms with Gasteiger partial charge >= 0.3 is 0 Å². The van der Waals surface area contributed by atoms with Crippen molar-refractivity contribution in [1.29, 1.82) is 0 Å². The van der Waals surface area contributed by atoms with E-state index >= 15 is 0 Å². The summed E-state index contributed by atoms with van der Waals surface area (Å²) in [6.07, 6.45) is 1.03. The molecular formula is C9H19NOS2. The molecule has 1 N–H and O–H groups in total. The highest BCUT2D eigenvalue weighted by atomic mass is 33.1. The van der Waals surface area contributed by atoms with Crippen LogP contribution in [-0.2, 0) is 4.79 Å². The van der Waals surface area contributed by atoms with Crippen LogP contribution in [-0.4, -0.2) is 17.2 Å². The van der Waals surface area contributed by atoms with Crippen molar-refractivity contribution < 1.29 is 4.79 Å². The van der Waals surface area contributed by atoms with Gasteiger partial charge in [0.25, 0.3) is 0 Å². The van der Waals surface area contributed by atoms with Gasteiger partial charge in [-0.05, 0) is 26.2 Å². The Hall–Kier alpha value is 0.170. The van der Waals surface area contributed by atoms with Crippen LogP contribution >= 0.6 is 22.5 Å². The van der Waals surface area contributed by atoms with Gasteiger partial charge in [0.15, 0.2) is 0 Å². The monoisotopic (exact) mass is 221 g/mol. The summed E-state index contributed by atoms with van der Waals surface area (Å²) in [7, 11) is 1.28. The molecule has 0 aliphatic rings. The van der Waals surface area contributed by atoms with Crippen molar-refractivity contribution >= 4 is 28.4 Å². The fraction of sp³-hybridized carbons (Fsp3) is 0.889. The first kappa shape index (κ1) is 13.2. The van der Waals surface area contributed by atoms with E-state index < -0.39 is 4.75 Å². The second kappa shape index (κ2) is 5.81. The molecule has 0 heterocycles. The molecular weight excluding hydrogens is 202 g/mol. The first-order chi connectivity index (χ1) is 5.90. The fourth-order valence-electron chi connectivity index (χ4n) is 0.729. The number of hydrogen-bond donors (Lipinski definition) is 2. The van der Waals surface area contributed by atoms with Gasteiger partial charge < -0.3 is 5.32 Å². The van der Waals surface area contributed by atoms with Crippen LogP contribution < -0.4 is 5.32 Å². The molecule has 0 saturated heterocycles. The largest absolute Gasteiger partial charge is 0.355 e. The molecule has 0 unspecified atom stereocenters. The van der Waals surface area contributed by atoms with Crippen molar-refractivity contribution in [1.82, 2.24) is 5.32 Å². The molecule has 0 aromatic carbocycles. The Bertz CT molecular complexity index is 169. The second-order valence-corrected chi connectivity index (χ2v) is 5.79. The summed E-state index contributed by atoms with van der Waals surface area (Å²) in [4.78, 5) is 11.5. The van der Waals surface area contributed by atoms with Crippen LogP contribution in [0.3, 0.4) is 0 Å². The maximum Gasteiger partial charge on any atom is 0.236 e. The molecule has 0 bridgehead atoms. The molecule has 4 heteroatoms. The van der Waals surface area contributed by atoms with Crippen LogP contribution in [0.1, 0.15) is 34.1 Å². The maximum atomic E-state index is 11.5. The topological polar surface area (TPSA) is 29.1 Å². The molecule has 13 heavy (non-hydrogen) atoms.